The Morgan fingerprint density at radius 2 is 2.10 bits per heavy atom. The Morgan fingerprint density at radius 1 is 1.29 bits per heavy atom. The van der Waals surface area contributed by atoms with Crippen LogP contribution < -0.4 is 5.32 Å². The number of likely N-dealkylation sites (N-methyl/N-ethyl adjacent to an activating group) is 1. The molecule has 2 aromatic rings. The summed E-state index contributed by atoms with van der Waals surface area (Å²) in [6.07, 6.45) is 2.28. The van der Waals surface area contributed by atoms with Crippen molar-refractivity contribution < 1.29 is 13.6 Å². The molecular weight excluding hydrogens is 276 g/mol. The summed E-state index contributed by atoms with van der Waals surface area (Å²) in [7, 11) is 1.60. The largest absolute Gasteiger partial charge is 0.327 e. The highest BCUT2D eigenvalue weighted by Gasteiger charge is 2.12. The van der Waals surface area contributed by atoms with Crippen LogP contribution in [0.15, 0.2) is 42.6 Å². The quantitative estimate of drug-likeness (QED) is 0.941. The molecule has 0 saturated heterocycles. The van der Waals surface area contributed by atoms with Crippen molar-refractivity contribution in [3.63, 3.8) is 0 Å². The number of nitrogens with zero attached hydrogens (tertiary/aromatic N) is 2. The molecule has 0 unspecified atom stereocenters. The second-order valence-electron chi connectivity index (χ2n) is 4.55. The minimum atomic E-state index is -0.804. The zero-order chi connectivity index (χ0) is 15.2. The van der Waals surface area contributed by atoms with Crippen LogP contribution in [-0.2, 0) is 6.42 Å². The van der Waals surface area contributed by atoms with E-state index in [1.165, 1.54) is 11.0 Å². The first-order chi connectivity index (χ1) is 10.1. The first-order valence-corrected chi connectivity index (χ1v) is 6.43. The number of hydrogen-bond donors (Lipinski definition) is 1. The molecule has 4 nitrogen and oxygen atoms in total. The molecule has 0 bridgehead atoms. The Labute approximate surface area is 121 Å². The van der Waals surface area contributed by atoms with E-state index in [1.54, 1.807) is 13.2 Å². The molecule has 6 heteroatoms. The SMILES string of the molecule is CN(CCc1ccccn1)C(=O)Nc1ccc(F)cc1F. The van der Waals surface area contributed by atoms with E-state index in [0.717, 1.165) is 17.8 Å². The molecule has 21 heavy (non-hydrogen) atoms. The Bertz CT molecular complexity index is 620. The highest BCUT2D eigenvalue weighted by molar-refractivity contribution is 5.89. The molecule has 0 spiro atoms. The Balaban J connectivity index is 1.90. The Morgan fingerprint density at radius 3 is 2.76 bits per heavy atom. The summed E-state index contributed by atoms with van der Waals surface area (Å²) in [6, 6.07) is 8.10. The summed E-state index contributed by atoms with van der Waals surface area (Å²) in [5.41, 5.74) is 0.816. The monoisotopic (exact) mass is 291 g/mol. The molecule has 0 fully saturated rings. The fraction of sp³-hybridized carbons (Fsp3) is 0.200. The van der Waals surface area contributed by atoms with E-state index in [9.17, 15) is 13.6 Å². The van der Waals surface area contributed by atoms with Crippen LogP contribution in [0.25, 0.3) is 0 Å². The number of carbonyl (C=O) groups excluding carboxylic acids is 1. The molecule has 2 rings (SSSR count). The van der Waals surface area contributed by atoms with E-state index in [4.69, 9.17) is 0 Å². The van der Waals surface area contributed by atoms with Crippen LogP contribution in [0.2, 0.25) is 0 Å². The van der Waals surface area contributed by atoms with Crippen LogP contribution >= 0.6 is 0 Å². The van der Waals surface area contributed by atoms with Crippen LogP contribution in [0.4, 0.5) is 19.3 Å². The molecule has 0 atom stereocenters. The van der Waals surface area contributed by atoms with E-state index in [0.29, 0.717) is 13.0 Å². The molecule has 110 valence electrons. The second kappa shape index (κ2) is 6.78. The number of amides is 2. The van der Waals surface area contributed by atoms with Crippen LogP contribution in [0.3, 0.4) is 0 Å². The summed E-state index contributed by atoms with van der Waals surface area (Å²) in [4.78, 5) is 17.5. The molecule has 1 aromatic carbocycles. The van der Waals surface area contributed by atoms with Gasteiger partial charge in [0.15, 0.2) is 0 Å². The lowest BCUT2D eigenvalue weighted by molar-refractivity contribution is 0.223. The van der Waals surface area contributed by atoms with Gasteiger partial charge in [0.05, 0.1) is 5.69 Å². The molecule has 0 radical (unpaired) electrons. The van der Waals surface area contributed by atoms with E-state index < -0.39 is 17.7 Å². The smallest absolute Gasteiger partial charge is 0.321 e. The standard InChI is InChI=1S/C15H15F2N3O/c1-20(9-7-12-4-2-3-8-18-12)15(21)19-14-6-5-11(16)10-13(14)17/h2-6,8,10H,7,9H2,1H3,(H,19,21). The molecule has 0 aliphatic carbocycles. The lowest BCUT2D eigenvalue weighted by Crippen LogP contribution is -2.33. The summed E-state index contributed by atoms with van der Waals surface area (Å²) in [5, 5.41) is 2.40. The maximum atomic E-state index is 13.4. The van der Waals surface area contributed by atoms with Crippen molar-refractivity contribution in [2.45, 2.75) is 6.42 Å². The molecule has 0 aliphatic rings. The molecule has 0 saturated carbocycles. The van der Waals surface area contributed by atoms with Crippen molar-refractivity contribution >= 4 is 11.7 Å². The van der Waals surface area contributed by atoms with Gasteiger partial charge in [0, 0.05) is 38.0 Å². The van der Waals surface area contributed by atoms with E-state index in [1.807, 2.05) is 18.2 Å². The van der Waals surface area contributed by atoms with Crippen LogP contribution in [0.5, 0.6) is 0 Å². The Hall–Kier alpha value is -2.50. The minimum absolute atomic E-state index is 0.0499. The fourth-order valence-electron chi connectivity index (χ4n) is 1.73. The van der Waals surface area contributed by atoms with Gasteiger partial charge in [0.1, 0.15) is 11.6 Å². The third kappa shape index (κ3) is 4.24. The fourth-order valence-corrected chi connectivity index (χ4v) is 1.73. The van der Waals surface area contributed by atoms with Crippen molar-refractivity contribution in [3.05, 3.63) is 59.9 Å². The lowest BCUT2D eigenvalue weighted by atomic mass is 10.2. The maximum Gasteiger partial charge on any atom is 0.321 e. The van der Waals surface area contributed by atoms with E-state index in [2.05, 4.69) is 10.3 Å². The number of aromatic nitrogens is 1. The third-order valence-electron chi connectivity index (χ3n) is 2.95. The zero-order valence-electron chi connectivity index (χ0n) is 11.5. The van der Waals surface area contributed by atoms with Gasteiger partial charge in [-0.15, -0.1) is 0 Å². The zero-order valence-corrected chi connectivity index (χ0v) is 11.5. The first kappa shape index (κ1) is 14.9. The van der Waals surface area contributed by atoms with Crippen molar-refractivity contribution in [3.8, 4) is 0 Å². The average molecular weight is 291 g/mol. The number of anilines is 1. The third-order valence-corrected chi connectivity index (χ3v) is 2.95. The van der Waals surface area contributed by atoms with Crippen LogP contribution in [0, 0.1) is 11.6 Å². The highest BCUT2D eigenvalue weighted by atomic mass is 19.1. The van der Waals surface area contributed by atoms with E-state index >= 15 is 0 Å². The number of nitrogens with one attached hydrogen (secondary N) is 1. The number of urea groups is 1. The lowest BCUT2D eigenvalue weighted by Gasteiger charge is -2.18. The first-order valence-electron chi connectivity index (χ1n) is 6.43. The summed E-state index contributed by atoms with van der Waals surface area (Å²) < 4.78 is 26.2. The molecule has 1 N–H and O–H groups in total. The van der Waals surface area contributed by atoms with Crippen molar-refractivity contribution in [1.82, 2.24) is 9.88 Å². The Kier molecular flexibility index (Phi) is 4.81. The van der Waals surface area contributed by atoms with Gasteiger partial charge in [-0.2, -0.15) is 0 Å². The predicted octanol–water partition coefficient (Wildman–Crippen LogP) is 3.07. The van der Waals surface area contributed by atoms with Gasteiger partial charge >= 0.3 is 6.03 Å². The molecule has 0 aliphatic heterocycles. The van der Waals surface area contributed by atoms with Crippen molar-refractivity contribution in [2.75, 3.05) is 18.9 Å². The second-order valence-corrected chi connectivity index (χ2v) is 4.55. The van der Waals surface area contributed by atoms with E-state index in [-0.39, 0.29) is 5.69 Å². The van der Waals surface area contributed by atoms with Gasteiger partial charge in [-0.25, -0.2) is 13.6 Å². The van der Waals surface area contributed by atoms with Crippen LogP contribution in [0.1, 0.15) is 5.69 Å². The number of hydrogen-bond acceptors (Lipinski definition) is 2. The number of carbonyl (C=O) groups is 1. The number of halogens is 2. The van der Waals surface area contributed by atoms with Gasteiger partial charge < -0.3 is 10.2 Å². The van der Waals surface area contributed by atoms with Gasteiger partial charge in [-0.1, -0.05) is 6.07 Å². The average Bonchev–Trinajstić information content (AvgIpc) is 2.48. The van der Waals surface area contributed by atoms with Gasteiger partial charge in [-0.3, -0.25) is 4.98 Å². The van der Waals surface area contributed by atoms with Crippen molar-refractivity contribution in [2.24, 2.45) is 0 Å². The van der Waals surface area contributed by atoms with Gasteiger partial charge in [0.2, 0.25) is 0 Å². The summed E-state index contributed by atoms with van der Waals surface area (Å²) in [5.74, 6) is -1.49. The molecule has 2 amide bonds. The molecular formula is C15H15F2N3O. The number of benzene rings is 1. The van der Waals surface area contributed by atoms with Gasteiger partial charge in [-0.05, 0) is 24.3 Å². The van der Waals surface area contributed by atoms with Gasteiger partial charge in [0.25, 0.3) is 0 Å². The minimum Gasteiger partial charge on any atom is -0.327 e. The topological polar surface area (TPSA) is 45.2 Å². The molecule has 1 heterocycles. The number of rotatable bonds is 4. The maximum absolute atomic E-state index is 13.4. The van der Waals surface area contributed by atoms with Crippen molar-refractivity contribution in [1.29, 1.82) is 0 Å². The normalized spacial score (nSPS) is 10.2. The van der Waals surface area contributed by atoms with Crippen LogP contribution in [-0.4, -0.2) is 29.5 Å². The summed E-state index contributed by atoms with van der Waals surface area (Å²) >= 11 is 0. The molecule has 1 aromatic heterocycles. The number of pyridine rings is 1. The highest BCUT2D eigenvalue weighted by Crippen LogP contribution is 2.15. The summed E-state index contributed by atoms with van der Waals surface area (Å²) in [6.45, 7) is 0.436. The predicted molar refractivity (Wildman–Crippen MR) is 75.9 cm³/mol.